The maximum atomic E-state index is 2.41. The predicted octanol–water partition coefficient (Wildman–Crippen LogP) is 6.12. The van der Waals surface area contributed by atoms with Gasteiger partial charge in [0.15, 0.2) is 0 Å². The molecule has 1 aromatic carbocycles. The minimum absolute atomic E-state index is 0.163. The molecule has 0 fully saturated rings. The predicted molar refractivity (Wildman–Crippen MR) is 99.1 cm³/mol. The second-order valence-corrected chi connectivity index (χ2v) is 10.1. The normalized spacial score (nSPS) is 14.2. The Labute approximate surface area is 134 Å². The maximum Gasteiger partial charge on any atom is 0.134 e. The molecule has 1 heteroatoms. The fourth-order valence-electron chi connectivity index (χ4n) is 3.32. The molecule has 0 unspecified atom stereocenters. The maximum absolute atomic E-state index is 2.41. The number of rotatable bonds is 3. The van der Waals surface area contributed by atoms with Crippen molar-refractivity contribution in [3.8, 4) is 0 Å². The molecular formula is C20H35B. The van der Waals surface area contributed by atoms with E-state index in [-0.39, 0.29) is 16.1 Å². The van der Waals surface area contributed by atoms with E-state index >= 15 is 0 Å². The fraction of sp³-hybridized carbons (Fsp3) is 0.700. The van der Waals surface area contributed by atoms with Crippen molar-refractivity contribution in [3.05, 3.63) is 35.4 Å². The van der Waals surface area contributed by atoms with Gasteiger partial charge in [-0.2, -0.15) is 0 Å². The van der Waals surface area contributed by atoms with Crippen LogP contribution < -0.4 is 0 Å². The van der Waals surface area contributed by atoms with Crippen molar-refractivity contribution < 1.29 is 0 Å². The molecule has 0 N–H and O–H groups in total. The minimum Gasteiger partial charge on any atom is -0.0671 e. The molecule has 0 radical (unpaired) electrons. The van der Waals surface area contributed by atoms with Crippen LogP contribution in [-0.4, -0.2) is 7.28 Å². The van der Waals surface area contributed by atoms with E-state index in [1.54, 1.807) is 0 Å². The largest absolute Gasteiger partial charge is 0.134 e. The first-order valence-corrected chi connectivity index (χ1v) is 8.28. The first-order chi connectivity index (χ1) is 9.17. The molecule has 0 amide bonds. The molecule has 1 rings (SSSR count). The summed E-state index contributed by atoms with van der Waals surface area (Å²) in [6.07, 6.45) is 0. The highest BCUT2D eigenvalue weighted by atomic mass is 14.4. The molecule has 21 heavy (non-hydrogen) atoms. The van der Waals surface area contributed by atoms with Crippen LogP contribution in [0.25, 0.3) is 0 Å². The van der Waals surface area contributed by atoms with Crippen LogP contribution in [0.15, 0.2) is 24.3 Å². The molecule has 0 heterocycles. The van der Waals surface area contributed by atoms with Gasteiger partial charge in [0.2, 0.25) is 0 Å². The van der Waals surface area contributed by atoms with Gasteiger partial charge in [-0.15, -0.1) is 0 Å². The van der Waals surface area contributed by atoms with Gasteiger partial charge in [0.25, 0.3) is 0 Å². The van der Waals surface area contributed by atoms with Gasteiger partial charge in [0, 0.05) is 0 Å². The molecule has 0 saturated carbocycles. The highest BCUT2D eigenvalue weighted by molar-refractivity contribution is 6.44. The third kappa shape index (κ3) is 4.38. The topological polar surface area (TPSA) is 0 Å². The first kappa shape index (κ1) is 18.3. The quantitative estimate of drug-likeness (QED) is 0.587. The summed E-state index contributed by atoms with van der Waals surface area (Å²) in [7, 11) is 1.22. The van der Waals surface area contributed by atoms with Crippen LogP contribution in [0.2, 0.25) is 10.6 Å². The van der Waals surface area contributed by atoms with Crippen molar-refractivity contribution in [1.29, 1.82) is 0 Å². The molecule has 0 spiro atoms. The lowest BCUT2D eigenvalue weighted by molar-refractivity contribution is 0.379. The molecule has 0 aliphatic carbocycles. The number of benzene rings is 1. The number of hydrogen-bond donors (Lipinski definition) is 0. The average molecular weight is 286 g/mol. The number of hydrogen-bond acceptors (Lipinski definition) is 0. The molecule has 0 aliphatic rings. The monoisotopic (exact) mass is 286 g/mol. The van der Waals surface area contributed by atoms with Gasteiger partial charge in [-0.05, 0) is 22.0 Å². The molecule has 0 atom stereocenters. The molecule has 0 aromatic heterocycles. The van der Waals surface area contributed by atoms with Crippen LogP contribution >= 0.6 is 0 Å². The lowest BCUT2D eigenvalue weighted by atomic mass is 9.35. The second kappa shape index (κ2) is 5.49. The average Bonchev–Trinajstić information content (AvgIpc) is 2.24. The zero-order valence-electron chi connectivity index (χ0n) is 16.0. The van der Waals surface area contributed by atoms with Crippen LogP contribution in [0.1, 0.15) is 80.4 Å². The van der Waals surface area contributed by atoms with E-state index in [9.17, 15) is 0 Å². The third-order valence-corrected chi connectivity index (χ3v) is 5.14. The SMILES string of the molecule is CC(C)(C)BC(C)(C)C(C)(C)c1ccc(C(C)(C)C)cc1. The summed E-state index contributed by atoms with van der Waals surface area (Å²) in [4.78, 5) is 0. The summed E-state index contributed by atoms with van der Waals surface area (Å²) in [6, 6.07) is 9.30. The van der Waals surface area contributed by atoms with Gasteiger partial charge in [-0.3, -0.25) is 0 Å². The van der Waals surface area contributed by atoms with Crippen molar-refractivity contribution in [1.82, 2.24) is 0 Å². The van der Waals surface area contributed by atoms with Crippen LogP contribution in [-0.2, 0) is 10.8 Å². The summed E-state index contributed by atoms with van der Waals surface area (Å²) in [5.41, 5.74) is 3.25. The lowest BCUT2D eigenvalue weighted by Crippen LogP contribution is -2.38. The highest BCUT2D eigenvalue weighted by Gasteiger charge is 2.41. The van der Waals surface area contributed by atoms with E-state index in [2.05, 4.69) is 93.5 Å². The van der Waals surface area contributed by atoms with Crippen molar-refractivity contribution in [2.24, 2.45) is 0 Å². The van der Waals surface area contributed by atoms with E-state index in [4.69, 9.17) is 0 Å². The molecule has 1 aromatic rings. The van der Waals surface area contributed by atoms with Crippen molar-refractivity contribution in [3.63, 3.8) is 0 Å². The summed E-state index contributed by atoms with van der Waals surface area (Å²) < 4.78 is 0. The Bertz CT molecular complexity index is 464. The van der Waals surface area contributed by atoms with E-state index in [0.29, 0.717) is 5.31 Å². The third-order valence-electron chi connectivity index (χ3n) is 5.14. The van der Waals surface area contributed by atoms with E-state index in [1.165, 1.54) is 18.4 Å². The Morgan fingerprint density at radius 3 is 1.33 bits per heavy atom. The molecular weight excluding hydrogens is 251 g/mol. The van der Waals surface area contributed by atoms with Crippen LogP contribution in [0, 0.1) is 0 Å². The molecule has 118 valence electrons. The zero-order chi connectivity index (χ0) is 16.7. The van der Waals surface area contributed by atoms with Gasteiger partial charge in [0.1, 0.15) is 7.28 Å². The van der Waals surface area contributed by atoms with E-state index in [1.807, 2.05) is 0 Å². The minimum atomic E-state index is 0.163. The Hall–Kier alpha value is -0.715. The Balaban J connectivity index is 3.13. The van der Waals surface area contributed by atoms with Crippen molar-refractivity contribution in [2.45, 2.75) is 90.7 Å². The first-order valence-electron chi connectivity index (χ1n) is 8.28. The lowest BCUT2D eigenvalue weighted by Gasteiger charge is -2.45. The van der Waals surface area contributed by atoms with Gasteiger partial charge in [0.05, 0.1) is 0 Å². The van der Waals surface area contributed by atoms with Gasteiger partial charge >= 0.3 is 0 Å². The van der Waals surface area contributed by atoms with E-state index < -0.39 is 0 Å². The second-order valence-electron chi connectivity index (χ2n) is 10.1. The fourth-order valence-corrected chi connectivity index (χ4v) is 3.32. The Morgan fingerprint density at radius 1 is 0.619 bits per heavy atom. The Kier molecular flexibility index (Phi) is 4.79. The zero-order valence-corrected chi connectivity index (χ0v) is 16.0. The molecule has 0 saturated heterocycles. The van der Waals surface area contributed by atoms with Gasteiger partial charge in [-0.1, -0.05) is 104 Å². The van der Waals surface area contributed by atoms with Crippen LogP contribution in [0.3, 0.4) is 0 Å². The highest BCUT2D eigenvalue weighted by Crippen LogP contribution is 2.50. The van der Waals surface area contributed by atoms with Crippen molar-refractivity contribution in [2.75, 3.05) is 0 Å². The summed E-state index contributed by atoms with van der Waals surface area (Å²) in [5, 5.41) is 0.612. The summed E-state index contributed by atoms with van der Waals surface area (Å²) >= 11 is 0. The summed E-state index contributed by atoms with van der Waals surface area (Å²) in [6.45, 7) is 23.5. The smallest absolute Gasteiger partial charge is 0.0671 e. The van der Waals surface area contributed by atoms with Gasteiger partial charge in [-0.25, -0.2) is 0 Å². The standard InChI is InChI=1S/C20H35B/c1-17(2,3)15-11-13-16(14-12-15)19(7,8)20(9,10)21-18(4,5)6/h11-14,21H,1-10H3. The van der Waals surface area contributed by atoms with Crippen LogP contribution in [0.4, 0.5) is 0 Å². The molecule has 0 bridgehead atoms. The van der Waals surface area contributed by atoms with Crippen LogP contribution in [0.5, 0.6) is 0 Å². The van der Waals surface area contributed by atoms with Gasteiger partial charge < -0.3 is 0 Å². The van der Waals surface area contributed by atoms with Crippen molar-refractivity contribution >= 4 is 7.28 Å². The summed E-state index contributed by atoms with van der Waals surface area (Å²) in [5.74, 6) is 0. The van der Waals surface area contributed by atoms with E-state index in [0.717, 1.165) is 0 Å². The molecule has 0 aliphatic heterocycles. The Morgan fingerprint density at radius 2 is 1.00 bits per heavy atom. The molecule has 0 nitrogen and oxygen atoms in total.